The van der Waals surface area contributed by atoms with Gasteiger partial charge in [-0.3, -0.25) is 0 Å². The maximum Gasteiger partial charge on any atom is 0.164 e. The summed E-state index contributed by atoms with van der Waals surface area (Å²) in [6.07, 6.45) is 0. The van der Waals surface area contributed by atoms with Crippen LogP contribution in [0.2, 0.25) is 0 Å². The Bertz CT molecular complexity index is 2820. The predicted molar refractivity (Wildman–Crippen MR) is 201 cm³/mol. The van der Waals surface area contributed by atoms with Crippen LogP contribution in [-0.2, 0) is 0 Å². The van der Waals surface area contributed by atoms with Crippen molar-refractivity contribution < 1.29 is 4.42 Å². The Morgan fingerprint density at radius 2 is 0.939 bits per heavy atom. The molecule has 0 spiro atoms. The first-order chi connectivity index (χ1) is 24.3. The Kier molecular flexibility index (Phi) is 6.15. The third-order valence-corrected chi connectivity index (χ3v) is 9.50. The Balaban J connectivity index is 1.28. The fraction of sp³-hybridized carbons (Fsp3) is 0. The van der Waals surface area contributed by atoms with Crippen LogP contribution in [0.25, 0.3) is 99.5 Å². The second-order valence-electron chi connectivity index (χ2n) is 12.4. The lowest BCUT2D eigenvalue weighted by Gasteiger charge is -2.14. The summed E-state index contributed by atoms with van der Waals surface area (Å²) in [6, 6.07) is 56.9. The van der Waals surface area contributed by atoms with E-state index in [2.05, 4.69) is 84.9 Å². The molecule has 0 saturated heterocycles. The average molecular weight is 626 g/mol. The fourth-order valence-corrected chi connectivity index (χ4v) is 7.23. The zero-order chi connectivity index (χ0) is 32.3. The number of hydrogen-bond acceptors (Lipinski definition) is 4. The summed E-state index contributed by atoms with van der Waals surface area (Å²) >= 11 is 0. The quantitative estimate of drug-likeness (QED) is 0.183. The number of aromatic nitrogens is 3. The minimum Gasteiger partial charge on any atom is -0.456 e. The van der Waals surface area contributed by atoms with Gasteiger partial charge in [-0.05, 0) is 61.6 Å². The normalized spacial score (nSPS) is 11.7. The van der Waals surface area contributed by atoms with E-state index < -0.39 is 0 Å². The molecule has 8 aromatic carbocycles. The van der Waals surface area contributed by atoms with Crippen LogP contribution in [-0.4, -0.2) is 15.0 Å². The number of benzene rings is 8. The monoisotopic (exact) mass is 625 g/mol. The summed E-state index contributed by atoms with van der Waals surface area (Å²) in [5.74, 6) is 1.85. The molecule has 4 heteroatoms. The maximum atomic E-state index is 6.58. The molecule has 2 aromatic heterocycles. The van der Waals surface area contributed by atoms with E-state index in [-0.39, 0.29) is 0 Å². The molecule has 0 unspecified atom stereocenters. The summed E-state index contributed by atoms with van der Waals surface area (Å²) in [4.78, 5) is 15.2. The van der Waals surface area contributed by atoms with E-state index in [1.165, 1.54) is 32.3 Å². The lowest BCUT2D eigenvalue weighted by atomic mass is 9.91. The van der Waals surface area contributed by atoms with Gasteiger partial charge >= 0.3 is 0 Å². The minimum absolute atomic E-state index is 0.600. The molecule has 0 radical (unpaired) electrons. The van der Waals surface area contributed by atoms with Crippen molar-refractivity contribution in [2.45, 2.75) is 0 Å². The van der Waals surface area contributed by atoms with E-state index in [4.69, 9.17) is 19.4 Å². The van der Waals surface area contributed by atoms with Crippen molar-refractivity contribution in [2.75, 3.05) is 0 Å². The standard InChI is InChI=1S/C45H27N3O/c1-3-13-30(14-4-1)43-46-44(31-15-5-2-6-16-31)48-45(47-43)38-26-32(27-40-42(38)37-18-9-10-21-39(37)49-40)33-19-11-20-36-35(33)25-24-29-23-22-28-12-7-8-17-34(28)41(29)36/h1-27H. The number of hydrogen-bond donors (Lipinski definition) is 0. The van der Waals surface area contributed by atoms with Crippen molar-refractivity contribution in [2.24, 2.45) is 0 Å². The van der Waals surface area contributed by atoms with Crippen LogP contribution in [0.1, 0.15) is 0 Å². The van der Waals surface area contributed by atoms with E-state index in [0.717, 1.165) is 49.8 Å². The molecular weight excluding hydrogens is 599 g/mol. The van der Waals surface area contributed by atoms with E-state index >= 15 is 0 Å². The maximum absolute atomic E-state index is 6.58. The van der Waals surface area contributed by atoms with E-state index in [0.29, 0.717) is 17.5 Å². The first kappa shape index (κ1) is 27.5. The van der Waals surface area contributed by atoms with Crippen LogP contribution in [0, 0.1) is 0 Å². The van der Waals surface area contributed by atoms with Crippen LogP contribution in [0.4, 0.5) is 0 Å². The van der Waals surface area contributed by atoms with Gasteiger partial charge in [-0.1, -0.05) is 146 Å². The topological polar surface area (TPSA) is 51.8 Å². The Morgan fingerprint density at radius 1 is 0.327 bits per heavy atom. The van der Waals surface area contributed by atoms with Gasteiger partial charge in [-0.15, -0.1) is 0 Å². The van der Waals surface area contributed by atoms with E-state index in [1.54, 1.807) is 0 Å². The van der Waals surface area contributed by atoms with Crippen molar-refractivity contribution in [3.63, 3.8) is 0 Å². The van der Waals surface area contributed by atoms with Crippen molar-refractivity contribution >= 4 is 54.3 Å². The number of fused-ring (bicyclic) bond motifs is 8. The molecular formula is C45H27N3O. The molecule has 0 fully saturated rings. The first-order valence-electron chi connectivity index (χ1n) is 16.4. The van der Waals surface area contributed by atoms with Gasteiger partial charge in [0.1, 0.15) is 11.2 Å². The van der Waals surface area contributed by atoms with Crippen molar-refractivity contribution in [3.05, 3.63) is 164 Å². The van der Waals surface area contributed by atoms with Gasteiger partial charge in [0.2, 0.25) is 0 Å². The van der Waals surface area contributed by atoms with Crippen LogP contribution >= 0.6 is 0 Å². The van der Waals surface area contributed by atoms with E-state index in [9.17, 15) is 0 Å². The molecule has 0 bridgehead atoms. The summed E-state index contributed by atoms with van der Waals surface area (Å²) in [7, 11) is 0. The molecule has 228 valence electrons. The highest BCUT2D eigenvalue weighted by molar-refractivity contribution is 6.22. The van der Waals surface area contributed by atoms with Crippen LogP contribution in [0.5, 0.6) is 0 Å². The molecule has 0 aliphatic carbocycles. The lowest BCUT2D eigenvalue weighted by Crippen LogP contribution is -2.00. The Hall–Kier alpha value is -6.65. The van der Waals surface area contributed by atoms with Crippen molar-refractivity contribution in [3.8, 4) is 45.3 Å². The molecule has 0 aliphatic heterocycles. The molecule has 10 aromatic rings. The molecule has 4 nitrogen and oxygen atoms in total. The van der Waals surface area contributed by atoms with Crippen LogP contribution in [0.15, 0.2) is 168 Å². The second kappa shape index (κ2) is 11.0. The van der Waals surface area contributed by atoms with Gasteiger partial charge in [-0.2, -0.15) is 0 Å². The molecule has 0 atom stereocenters. The van der Waals surface area contributed by atoms with Gasteiger partial charge in [0.05, 0.1) is 0 Å². The smallest absolute Gasteiger partial charge is 0.164 e. The van der Waals surface area contributed by atoms with Crippen molar-refractivity contribution in [1.29, 1.82) is 0 Å². The summed E-state index contributed by atoms with van der Waals surface area (Å²) in [5, 5.41) is 9.39. The third kappa shape index (κ3) is 4.49. The molecule has 0 amide bonds. The van der Waals surface area contributed by atoms with Gasteiger partial charge in [0.25, 0.3) is 0 Å². The molecule has 10 rings (SSSR count). The SMILES string of the molecule is c1ccc(-c2nc(-c3ccccc3)nc(-c3cc(-c4cccc5c4ccc4ccc6ccccc6c45)cc4oc5ccccc5c34)n2)cc1. The number of nitrogens with zero attached hydrogens (tertiary/aromatic N) is 3. The lowest BCUT2D eigenvalue weighted by molar-refractivity contribution is 0.669. The van der Waals surface area contributed by atoms with Gasteiger partial charge in [0.15, 0.2) is 17.5 Å². The number of rotatable bonds is 4. The highest BCUT2D eigenvalue weighted by Crippen LogP contribution is 2.42. The molecule has 0 aliphatic rings. The summed E-state index contributed by atoms with van der Waals surface area (Å²) in [5.41, 5.74) is 6.54. The minimum atomic E-state index is 0.600. The van der Waals surface area contributed by atoms with Crippen LogP contribution < -0.4 is 0 Å². The van der Waals surface area contributed by atoms with E-state index in [1.807, 2.05) is 78.9 Å². The molecule has 49 heavy (non-hydrogen) atoms. The Labute approximate surface area is 282 Å². The first-order valence-corrected chi connectivity index (χ1v) is 16.4. The average Bonchev–Trinajstić information content (AvgIpc) is 3.56. The highest BCUT2D eigenvalue weighted by atomic mass is 16.3. The fourth-order valence-electron chi connectivity index (χ4n) is 7.23. The predicted octanol–water partition coefficient (Wildman–Crippen LogP) is 11.9. The van der Waals surface area contributed by atoms with Gasteiger partial charge in [-0.25, -0.2) is 15.0 Å². The summed E-state index contributed by atoms with van der Waals surface area (Å²) < 4.78 is 6.58. The zero-order valence-corrected chi connectivity index (χ0v) is 26.3. The largest absolute Gasteiger partial charge is 0.456 e. The van der Waals surface area contributed by atoms with Gasteiger partial charge < -0.3 is 4.42 Å². The third-order valence-electron chi connectivity index (χ3n) is 9.50. The molecule has 0 N–H and O–H groups in total. The second-order valence-corrected chi connectivity index (χ2v) is 12.4. The zero-order valence-electron chi connectivity index (χ0n) is 26.3. The van der Waals surface area contributed by atoms with Crippen molar-refractivity contribution in [1.82, 2.24) is 15.0 Å². The van der Waals surface area contributed by atoms with Gasteiger partial charge in [0, 0.05) is 27.5 Å². The Morgan fingerprint density at radius 3 is 1.71 bits per heavy atom. The number of para-hydroxylation sites is 1. The molecule has 2 heterocycles. The number of furan rings is 1. The summed E-state index contributed by atoms with van der Waals surface area (Å²) in [6.45, 7) is 0. The molecule has 0 saturated carbocycles. The van der Waals surface area contributed by atoms with Crippen LogP contribution in [0.3, 0.4) is 0 Å². The highest BCUT2D eigenvalue weighted by Gasteiger charge is 2.20.